The van der Waals surface area contributed by atoms with E-state index in [9.17, 15) is 0 Å². The van der Waals surface area contributed by atoms with Crippen LogP contribution >= 0.6 is 0 Å². The van der Waals surface area contributed by atoms with Crippen molar-refractivity contribution in [3.8, 4) is 11.5 Å². The molecule has 0 amide bonds. The van der Waals surface area contributed by atoms with Crippen LogP contribution in [0.5, 0.6) is 11.5 Å². The molecule has 0 saturated carbocycles. The summed E-state index contributed by atoms with van der Waals surface area (Å²) in [7, 11) is 3.32. The van der Waals surface area contributed by atoms with Crippen LogP contribution in [0.1, 0.15) is 39.7 Å². The number of hydrogen-bond donors (Lipinski definition) is 0. The Balaban J connectivity index is 3.19. The summed E-state index contributed by atoms with van der Waals surface area (Å²) in [5, 5.41) is 0. The zero-order chi connectivity index (χ0) is 13.8. The van der Waals surface area contributed by atoms with E-state index in [4.69, 9.17) is 14.2 Å². The van der Waals surface area contributed by atoms with Gasteiger partial charge in [-0.05, 0) is 44.9 Å². The van der Waals surface area contributed by atoms with Crippen molar-refractivity contribution in [1.82, 2.24) is 0 Å². The van der Waals surface area contributed by atoms with E-state index in [1.807, 2.05) is 32.0 Å². The highest BCUT2D eigenvalue weighted by Gasteiger charge is 2.27. The van der Waals surface area contributed by atoms with Gasteiger partial charge in [-0.1, -0.05) is 6.92 Å². The first-order valence-electron chi connectivity index (χ1n) is 6.36. The number of benzene rings is 1. The van der Waals surface area contributed by atoms with Crippen molar-refractivity contribution in [2.75, 3.05) is 14.2 Å². The lowest BCUT2D eigenvalue weighted by Crippen LogP contribution is -2.28. The predicted octanol–water partition coefficient (Wildman–Crippen LogP) is 3.75. The minimum Gasteiger partial charge on any atom is -0.497 e. The molecule has 1 atom stereocenters. The molecule has 0 aliphatic heterocycles. The summed E-state index contributed by atoms with van der Waals surface area (Å²) in [4.78, 5) is 0. The van der Waals surface area contributed by atoms with Crippen molar-refractivity contribution in [1.29, 1.82) is 0 Å². The van der Waals surface area contributed by atoms with Crippen molar-refractivity contribution >= 4 is 0 Å². The van der Waals surface area contributed by atoms with Crippen molar-refractivity contribution in [2.24, 2.45) is 0 Å². The van der Waals surface area contributed by atoms with Gasteiger partial charge in [-0.15, -0.1) is 0 Å². The van der Waals surface area contributed by atoms with Gasteiger partial charge in [0.2, 0.25) is 0 Å². The molecule has 0 aliphatic carbocycles. The molecule has 0 N–H and O–H groups in total. The van der Waals surface area contributed by atoms with E-state index in [0.717, 1.165) is 23.5 Å². The number of hydrogen-bond acceptors (Lipinski definition) is 3. The van der Waals surface area contributed by atoms with Gasteiger partial charge < -0.3 is 14.2 Å². The predicted molar refractivity (Wildman–Crippen MR) is 73.4 cm³/mol. The van der Waals surface area contributed by atoms with Gasteiger partial charge in [0.05, 0.1) is 25.9 Å². The molecule has 0 aliphatic rings. The molecular weight excluding hydrogens is 228 g/mol. The van der Waals surface area contributed by atoms with E-state index in [1.165, 1.54) is 0 Å². The Hall–Kier alpha value is -1.22. The molecule has 0 heterocycles. The number of ether oxygens (including phenoxy) is 3. The smallest absolute Gasteiger partial charge is 0.122 e. The second-order valence-electron chi connectivity index (χ2n) is 4.85. The average Bonchev–Trinajstić information content (AvgIpc) is 2.37. The molecule has 18 heavy (non-hydrogen) atoms. The van der Waals surface area contributed by atoms with Crippen LogP contribution in [-0.4, -0.2) is 20.3 Å². The van der Waals surface area contributed by atoms with E-state index < -0.39 is 0 Å². The summed E-state index contributed by atoms with van der Waals surface area (Å²) >= 11 is 0. The van der Waals surface area contributed by atoms with Crippen LogP contribution in [0.25, 0.3) is 0 Å². The van der Waals surface area contributed by atoms with Gasteiger partial charge in [0.15, 0.2) is 0 Å². The molecule has 1 aromatic carbocycles. The first-order chi connectivity index (χ1) is 8.45. The van der Waals surface area contributed by atoms with Gasteiger partial charge >= 0.3 is 0 Å². The maximum Gasteiger partial charge on any atom is 0.122 e. The Labute approximate surface area is 110 Å². The summed E-state index contributed by atoms with van der Waals surface area (Å²) in [5.41, 5.74) is 0.755. The van der Waals surface area contributed by atoms with E-state index in [0.29, 0.717) is 0 Å². The fourth-order valence-corrected chi connectivity index (χ4v) is 1.99. The topological polar surface area (TPSA) is 27.7 Å². The summed E-state index contributed by atoms with van der Waals surface area (Å²) in [6.45, 7) is 8.31. The van der Waals surface area contributed by atoms with Crippen LogP contribution in [0, 0.1) is 0 Å². The molecule has 1 aromatic rings. The Morgan fingerprint density at radius 3 is 1.89 bits per heavy atom. The third kappa shape index (κ3) is 3.39. The SMILES string of the molecule is CCC(C)(OC(C)C)c1cc(OC)cc(OC)c1. The molecule has 1 unspecified atom stereocenters. The van der Waals surface area contributed by atoms with Crippen LogP contribution in [0.15, 0.2) is 18.2 Å². The third-order valence-corrected chi connectivity index (χ3v) is 3.13. The second-order valence-corrected chi connectivity index (χ2v) is 4.85. The minimum atomic E-state index is -0.323. The van der Waals surface area contributed by atoms with Crippen LogP contribution in [0.3, 0.4) is 0 Å². The van der Waals surface area contributed by atoms with Crippen LogP contribution in [-0.2, 0) is 10.3 Å². The third-order valence-electron chi connectivity index (χ3n) is 3.13. The Bertz CT molecular complexity index is 365. The molecule has 0 saturated heterocycles. The zero-order valence-electron chi connectivity index (χ0n) is 12.2. The largest absolute Gasteiger partial charge is 0.497 e. The van der Waals surface area contributed by atoms with Crippen LogP contribution < -0.4 is 9.47 Å². The molecule has 0 fully saturated rings. The molecule has 0 spiro atoms. The summed E-state index contributed by atoms with van der Waals surface area (Å²) in [5.74, 6) is 1.58. The highest BCUT2D eigenvalue weighted by molar-refractivity contribution is 5.40. The van der Waals surface area contributed by atoms with E-state index in [-0.39, 0.29) is 11.7 Å². The highest BCUT2D eigenvalue weighted by atomic mass is 16.5. The Morgan fingerprint density at radius 2 is 1.56 bits per heavy atom. The molecular formula is C15H24O3. The van der Waals surface area contributed by atoms with Gasteiger partial charge in [0.25, 0.3) is 0 Å². The molecule has 0 aromatic heterocycles. The quantitative estimate of drug-likeness (QED) is 0.771. The lowest BCUT2D eigenvalue weighted by atomic mass is 9.92. The van der Waals surface area contributed by atoms with Gasteiger partial charge in [-0.2, -0.15) is 0 Å². The molecule has 0 bridgehead atoms. The first-order valence-corrected chi connectivity index (χ1v) is 6.36. The molecule has 3 heteroatoms. The molecule has 1 rings (SSSR count). The van der Waals surface area contributed by atoms with Gasteiger partial charge in [-0.25, -0.2) is 0 Å². The standard InChI is InChI=1S/C15H24O3/c1-7-15(4,18-11(2)3)12-8-13(16-5)10-14(9-12)17-6/h8-11H,7H2,1-6H3. The van der Waals surface area contributed by atoms with E-state index in [1.54, 1.807) is 14.2 Å². The van der Waals surface area contributed by atoms with Crippen LogP contribution in [0.2, 0.25) is 0 Å². The van der Waals surface area contributed by atoms with Gasteiger partial charge in [0, 0.05) is 6.07 Å². The monoisotopic (exact) mass is 252 g/mol. The van der Waals surface area contributed by atoms with E-state index >= 15 is 0 Å². The van der Waals surface area contributed by atoms with Crippen molar-refractivity contribution < 1.29 is 14.2 Å². The number of rotatable bonds is 6. The fourth-order valence-electron chi connectivity index (χ4n) is 1.99. The lowest BCUT2D eigenvalue weighted by molar-refractivity contribution is -0.0756. The van der Waals surface area contributed by atoms with E-state index in [2.05, 4.69) is 13.8 Å². The number of methoxy groups -OCH3 is 2. The van der Waals surface area contributed by atoms with Gasteiger partial charge in [0.1, 0.15) is 11.5 Å². The summed E-state index contributed by atoms with van der Waals surface area (Å²) in [6, 6.07) is 5.89. The molecule has 3 nitrogen and oxygen atoms in total. The maximum absolute atomic E-state index is 6.06. The molecule has 0 radical (unpaired) electrons. The fraction of sp³-hybridized carbons (Fsp3) is 0.600. The molecule has 102 valence electrons. The average molecular weight is 252 g/mol. The second kappa shape index (κ2) is 6.10. The van der Waals surface area contributed by atoms with Crippen molar-refractivity contribution in [3.05, 3.63) is 23.8 Å². The summed E-state index contributed by atoms with van der Waals surface area (Å²) in [6.07, 6.45) is 1.06. The maximum atomic E-state index is 6.06. The Morgan fingerprint density at radius 1 is 1.06 bits per heavy atom. The first kappa shape index (κ1) is 14.8. The van der Waals surface area contributed by atoms with Crippen molar-refractivity contribution in [2.45, 2.75) is 45.8 Å². The summed E-state index contributed by atoms with van der Waals surface area (Å²) < 4.78 is 16.7. The van der Waals surface area contributed by atoms with Crippen molar-refractivity contribution in [3.63, 3.8) is 0 Å². The lowest BCUT2D eigenvalue weighted by Gasteiger charge is -2.32. The van der Waals surface area contributed by atoms with Gasteiger partial charge in [-0.3, -0.25) is 0 Å². The minimum absolute atomic E-state index is 0.173. The normalized spacial score (nSPS) is 14.4. The zero-order valence-corrected chi connectivity index (χ0v) is 12.2. The Kier molecular flexibility index (Phi) is 5.03. The van der Waals surface area contributed by atoms with Crippen LogP contribution in [0.4, 0.5) is 0 Å². The highest BCUT2D eigenvalue weighted by Crippen LogP contribution is 2.35.